The molecule has 0 saturated heterocycles. The fraction of sp³-hybridized carbons (Fsp3) is 0. The fourth-order valence-electron chi connectivity index (χ4n) is 7.22. The number of nitrogens with zero attached hydrogens (tertiary/aromatic N) is 2. The van der Waals surface area contributed by atoms with Crippen molar-refractivity contribution in [3.63, 3.8) is 0 Å². The van der Waals surface area contributed by atoms with Crippen LogP contribution in [0.3, 0.4) is 0 Å². The van der Waals surface area contributed by atoms with Gasteiger partial charge < -0.3 is 0 Å². The molecule has 8 aromatic rings. The van der Waals surface area contributed by atoms with Crippen molar-refractivity contribution in [3.8, 4) is 0 Å². The van der Waals surface area contributed by atoms with Crippen molar-refractivity contribution in [2.45, 2.75) is 0 Å². The Morgan fingerprint density at radius 3 is 1.07 bits per heavy atom. The molecule has 0 heterocycles. The van der Waals surface area contributed by atoms with E-state index in [0.717, 1.165) is 77.6 Å². The molecule has 0 saturated carbocycles. The summed E-state index contributed by atoms with van der Waals surface area (Å²) in [6, 6.07) is 62.9. The van der Waals surface area contributed by atoms with Crippen LogP contribution in [0.25, 0.3) is 58.4 Å². The van der Waals surface area contributed by atoms with Gasteiger partial charge in [0.1, 0.15) is 0 Å². The van der Waals surface area contributed by atoms with E-state index in [1.807, 2.05) is 60.7 Å². The molecule has 6 nitrogen and oxygen atoms in total. The largest absolute Gasteiger partial charge is 0.269 e. The molecule has 60 heavy (non-hydrogen) atoms. The van der Waals surface area contributed by atoms with Crippen molar-refractivity contribution in [3.05, 3.63) is 270 Å². The first-order chi connectivity index (χ1) is 29.4. The molecule has 288 valence electrons. The minimum absolute atomic E-state index is 0.0637. The number of benzene rings is 8. The summed E-state index contributed by atoms with van der Waals surface area (Å²) in [5.41, 5.74) is 12.3. The fourth-order valence-corrected chi connectivity index (χ4v) is 7.22. The van der Waals surface area contributed by atoms with Crippen LogP contribution < -0.4 is 0 Å². The predicted molar refractivity (Wildman–Crippen MR) is 248 cm³/mol. The molecule has 0 N–H and O–H groups in total. The average molecular weight is 779 g/mol. The van der Waals surface area contributed by atoms with E-state index in [1.54, 1.807) is 48.5 Å². The van der Waals surface area contributed by atoms with Crippen LogP contribution in [0.4, 0.5) is 11.4 Å². The first-order valence-corrected chi connectivity index (χ1v) is 19.5. The number of rotatable bonds is 12. The topological polar surface area (TPSA) is 86.3 Å². The van der Waals surface area contributed by atoms with Gasteiger partial charge in [-0.05, 0) is 114 Å². The van der Waals surface area contributed by atoms with Gasteiger partial charge in [-0.15, -0.1) is 0 Å². The minimum atomic E-state index is -0.381. The SMILES string of the molecule is O=[N+]([O-])c1ccc(C(=Cc2ccc(C=Cc3cccc4cccc(C=Cc5ccc(C=C(c6ccccc6)c6ccc([N+](=O)[O-])cc6)cc5)c34)cc2)c2ccccc2)cc1. The molecule has 6 heteroatoms. The molecular weight excluding hydrogens is 741 g/mol. The zero-order chi connectivity index (χ0) is 41.3. The highest BCUT2D eigenvalue weighted by Gasteiger charge is 2.11. The van der Waals surface area contributed by atoms with Crippen LogP contribution in [0, 0.1) is 20.2 Å². The number of non-ortho nitro benzene ring substituents is 2. The highest BCUT2D eigenvalue weighted by Crippen LogP contribution is 2.31. The van der Waals surface area contributed by atoms with Gasteiger partial charge in [-0.1, -0.05) is 170 Å². The highest BCUT2D eigenvalue weighted by atomic mass is 16.6. The second-order valence-corrected chi connectivity index (χ2v) is 14.2. The monoisotopic (exact) mass is 778 g/mol. The third-order valence-corrected chi connectivity index (χ3v) is 10.3. The van der Waals surface area contributed by atoms with E-state index in [4.69, 9.17) is 0 Å². The lowest BCUT2D eigenvalue weighted by Crippen LogP contribution is -1.91. The standard InChI is InChI=1S/C54H38N2O4/c57-55(58)50-33-29-45(30-34-50)52(43-9-3-1-4-10-43)37-41-21-17-39(18-22-41)25-27-48-15-7-13-47-14-8-16-49(54(47)48)28-26-40-19-23-42(24-20-40)38-53(44-11-5-2-6-12-44)46-31-35-51(36-32-46)56(59)60/h1-38H. The summed E-state index contributed by atoms with van der Waals surface area (Å²) in [6.07, 6.45) is 12.8. The molecule has 0 radical (unpaired) electrons. The summed E-state index contributed by atoms with van der Waals surface area (Å²) < 4.78 is 0. The summed E-state index contributed by atoms with van der Waals surface area (Å²) in [4.78, 5) is 21.8. The van der Waals surface area contributed by atoms with Crippen LogP contribution in [-0.4, -0.2) is 9.85 Å². The van der Waals surface area contributed by atoms with Crippen LogP contribution in [0.5, 0.6) is 0 Å². The van der Waals surface area contributed by atoms with Gasteiger partial charge in [0.05, 0.1) is 9.85 Å². The van der Waals surface area contributed by atoms with Gasteiger partial charge in [0.2, 0.25) is 0 Å². The summed E-state index contributed by atoms with van der Waals surface area (Å²) in [5.74, 6) is 0. The predicted octanol–water partition coefficient (Wildman–Crippen LogP) is 14.2. The molecule has 0 aromatic heterocycles. The third-order valence-electron chi connectivity index (χ3n) is 10.3. The lowest BCUT2D eigenvalue weighted by Gasteiger charge is -2.09. The number of hydrogen-bond acceptors (Lipinski definition) is 4. The maximum Gasteiger partial charge on any atom is 0.269 e. The summed E-state index contributed by atoms with van der Waals surface area (Å²) >= 11 is 0. The number of nitro groups is 2. The van der Waals surface area contributed by atoms with Crippen molar-refractivity contribution in [1.29, 1.82) is 0 Å². The number of hydrogen-bond donors (Lipinski definition) is 0. The molecule has 0 aliphatic heterocycles. The van der Waals surface area contributed by atoms with Crippen LogP contribution in [0.2, 0.25) is 0 Å². The third kappa shape index (κ3) is 9.15. The molecule has 0 aliphatic rings. The van der Waals surface area contributed by atoms with E-state index in [2.05, 4.69) is 121 Å². The quantitative estimate of drug-likeness (QED) is 0.0702. The number of fused-ring (bicyclic) bond motifs is 1. The molecule has 0 aliphatic carbocycles. The Morgan fingerprint density at radius 1 is 0.350 bits per heavy atom. The Bertz CT molecular complexity index is 2710. The van der Waals surface area contributed by atoms with Crippen LogP contribution in [0.1, 0.15) is 55.6 Å². The molecule has 0 amide bonds. The summed E-state index contributed by atoms with van der Waals surface area (Å²) in [5, 5.41) is 24.9. The maximum absolute atomic E-state index is 11.3. The zero-order valence-electron chi connectivity index (χ0n) is 32.5. The van der Waals surface area contributed by atoms with E-state index >= 15 is 0 Å². The van der Waals surface area contributed by atoms with Crippen molar-refractivity contribution in [2.24, 2.45) is 0 Å². The van der Waals surface area contributed by atoms with E-state index in [0.29, 0.717) is 0 Å². The lowest BCUT2D eigenvalue weighted by atomic mass is 9.95. The van der Waals surface area contributed by atoms with Gasteiger partial charge in [-0.3, -0.25) is 20.2 Å². The zero-order valence-corrected chi connectivity index (χ0v) is 32.5. The first-order valence-electron chi connectivity index (χ1n) is 19.5. The molecule has 0 spiro atoms. The first kappa shape index (κ1) is 38.6. The van der Waals surface area contributed by atoms with E-state index in [-0.39, 0.29) is 21.2 Å². The molecule has 8 rings (SSSR count). The molecular formula is C54H38N2O4. The van der Waals surface area contributed by atoms with E-state index < -0.39 is 0 Å². The van der Waals surface area contributed by atoms with Crippen molar-refractivity contribution >= 4 is 69.7 Å². The van der Waals surface area contributed by atoms with E-state index in [1.165, 1.54) is 0 Å². The molecule has 0 atom stereocenters. The minimum Gasteiger partial charge on any atom is -0.258 e. The van der Waals surface area contributed by atoms with Gasteiger partial charge in [0.15, 0.2) is 0 Å². The Balaban J connectivity index is 1.03. The Morgan fingerprint density at radius 2 is 0.700 bits per heavy atom. The van der Waals surface area contributed by atoms with Gasteiger partial charge in [-0.25, -0.2) is 0 Å². The van der Waals surface area contributed by atoms with Crippen LogP contribution >= 0.6 is 0 Å². The van der Waals surface area contributed by atoms with Crippen LogP contribution in [0.15, 0.2) is 194 Å². The smallest absolute Gasteiger partial charge is 0.258 e. The van der Waals surface area contributed by atoms with Crippen LogP contribution in [-0.2, 0) is 0 Å². The van der Waals surface area contributed by atoms with Crippen molar-refractivity contribution < 1.29 is 9.85 Å². The van der Waals surface area contributed by atoms with Gasteiger partial charge in [0, 0.05) is 24.3 Å². The Hall–Kier alpha value is -8.22. The van der Waals surface area contributed by atoms with E-state index in [9.17, 15) is 20.2 Å². The Kier molecular flexibility index (Phi) is 11.5. The maximum atomic E-state index is 11.3. The second-order valence-electron chi connectivity index (χ2n) is 14.2. The molecule has 8 aromatic carbocycles. The second kappa shape index (κ2) is 17.9. The molecule has 0 unspecified atom stereocenters. The number of nitro benzene ring substituents is 2. The molecule has 0 bridgehead atoms. The normalized spacial score (nSPS) is 12.0. The van der Waals surface area contributed by atoms with Crippen molar-refractivity contribution in [2.75, 3.05) is 0 Å². The van der Waals surface area contributed by atoms with Gasteiger partial charge >= 0.3 is 0 Å². The summed E-state index contributed by atoms with van der Waals surface area (Å²) in [6.45, 7) is 0. The van der Waals surface area contributed by atoms with Gasteiger partial charge in [0.25, 0.3) is 11.4 Å². The van der Waals surface area contributed by atoms with Gasteiger partial charge in [-0.2, -0.15) is 0 Å². The Labute approximate surface area is 348 Å². The lowest BCUT2D eigenvalue weighted by molar-refractivity contribution is -0.385. The molecule has 0 fully saturated rings. The summed E-state index contributed by atoms with van der Waals surface area (Å²) in [7, 11) is 0. The highest BCUT2D eigenvalue weighted by molar-refractivity contribution is 6.00. The van der Waals surface area contributed by atoms with Crippen molar-refractivity contribution in [1.82, 2.24) is 0 Å². The average Bonchev–Trinajstić information content (AvgIpc) is 3.30.